The first-order chi connectivity index (χ1) is 10.2. The Labute approximate surface area is 123 Å². The number of hydrogen-bond acceptors (Lipinski definition) is 5. The predicted octanol–water partition coefficient (Wildman–Crippen LogP) is 0.0297. The minimum Gasteiger partial charge on any atom is -0.490 e. The Morgan fingerprint density at radius 1 is 1.43 bits per heavy atom. The van der Waals surface area contributed by atoms with E-state index in [1.807, 2.05) is 0 Å². The fourth-order valence-corrected chi connectivity index (χ4v) is 2.45. The van der Waals surface area contributed by atoms with Crippen molar-refractivity contribution in [3.63, 3.8) is 0 Å². The summed E-state index contributed by atoms with van der Waals surface area (Å²) in [5, 5.41) is 6.90. The number of ether oxygens (including phenoxy) is 1. The SMILES string of the molecule is NCCOc1cnn(CC(=O)NC2CCCCC2)c(=O)c1. The number of amides is 1. The van der Waals surface area contributed by atoms with Crippen LogP contribution in [0.4, 0.5) is 0 Å². The summed E-state index contributed by atoms with van der Waals surface area (Å²) in [4.78, 5) is 23.8. The summed E-state index contributed by atoms with van der Waals surface area (Å²) in [5.41, 5.74) is 4.96. The first-order valence-corrected chi connectivity index (χ1v) is 7.38. The van der Waals surface area contributed by atoms with Crippen LogP contribution in [0, 0.1) is 0 Å². The lowest BCUT2D eigenvalue weighted by molar-refractivity contribution is -0.122. The van der Waals surface area contributed by atoms with Gasteiger partial charge in [0.25, 0.3) is 5.56 Å². The zero-order valence-electron chi connectivity index (χ0n) is 12.1. The Morgan fingerprint density at radius 2 is 2.19 bits per heavy atom. The quantitative estimate of drug-likeness (QED) is 0.771. The molecule has 1 aromatic heterocycles. The number of rotatable bonds is 6. The lowest BCUT2D eigenvalue weighted by Gasteiger charge is -2.22. The highest BCUT2D eigenvalue weighted by molar-refractivity contribution is 5.75. The van der Waals surface area contributed by atoms with Gasteiger partial charge in [0.05, 0.1) is 6.20 Å². The molecule has 1 aliphatic rings. The second-order valence-electron chi connectivity index (χ2n) is 5.23. The van der Waals surface area contributed by atoms with Crippen molar-refractivity contribution in [1.82, 2.24) is 15.1 Å². The standard InChI is InChI=1S/C14H22N4O3/c15-6-7-21-12-8-14(20)18(16-9-12)10-13(19)17-11-4-2-1-3-5-11/h8-9,11H,1-7,10,15H2,(H,17,19). The van der Waals surface area contributed by atoms with E-state index in [0.29, 0.717) is 18.9 Å². The van der Waals surface area contributed by atoms with Crippen LogP contribution in [0.15, 0.2) is 17.1 Å². The van der Waals surface area contributed by atoms with Crippen LogP contribution in [0.2, 0.25) is 0 Å². The van der Waals surface area contributed by atoms with Crippen molar-refractivity contribution in [2.75, 3.05) is 13.2 Å². The number of nitrogens with two attached hydrogens (primary N) is 1. The summed E-state index contributed by atoms with van der Waals surface area (Å²) in [7, 11) is 0. The van der Waals surface area contributed by atoms with Crippen molar-refractivity contribution >= 4 is 5.91 Å². The Hall–Kier alpha value is -1.89. The molecule has 1 fully saturated rings. The van der Waals surface area contributed by atoms with Gasteiger partial charge in [-0.3, -0.25) is 9.59 Å². The zero-order chi connectivity index (χ0) is 15.1. The molecule has 0 radical (unpaired) electrons. The molecule has 0 atom stereocenters. The van der Waals surface area contributed by atoms with Crippen LogP contribution in [0.5, 0.6) is 5.75 Å². The smallest absolute Gasteiger partial charge is 0.270 e. The third kappa shape index (κ3) is 4.86. The molecule has 7 nitrogen and oxygen atoms in total. The van der Waals surface area contributed by atoms with E-state index in [0.717, 1.165) is 30.4 Å². The summed E-state index contributed by atoms with van der Waals surface area (Å²) >= 11 is 0. The molecule has 1 heterocycles. The van der Waals surface area contributed by atoms with Crippen LogP contribution < -0.4 is 21.3 Å². The molecule has 0 saturated heterocycles. The van der Waals surface area contributed by atoms with Gasteiger partial charge in [-0.05, 0) is 12.8 Å². The van der Waals surface area contributed by atoms with Crippen molar-refractivity contribution in [3.05, 3.63) is 22.6 Å². The van der Waals surface area contributed by atoms with Gasteiger partial charge in [0.2, 0.25) is 5.91 Å². The molecule has 7 heteroatoms. The van der Waals surface area contributed by atoms with Gasteiger partial charge in [-0.15, -0.1) is 0 Å². The molecule has 3 N–H and O–H groups in total. The Morgan fingerprint density at radius 3 is 2.86 bits per heavy atom. The van der Waals surface area contributed by atoms with E-state index in [4.69, 9.17) is 10.5 Å². The first kappa shape index (κ1) is 15.5. The maximum atomic E-state index is 11.9. The van der Waals surface area contributed by atoms with Gasteiger partial charge in [0.1, 0.15) is 18.9 Å². The van der Waals surface area contributed by atoms with Crippen molar-refractivity contribution in [1.29, 1.82) is 0 Å². The van der Waals surface area contributed by atoms with Crippen LogP contribution in [0.1, 0.15) is 32.1 Å². The lowest BCUT2D eigenvalue weighted by Crippen LogP contribution is -2.40. The molecule has 1 aliphatic carbocycles. The molecule has 0 unspecified atom stereocenters. The summed E-state index contributed by atoms with van der Waals surface area (Å²) in [6.45, 7) is 0.632. The number of nitrogens with zero attached hydrogens (tertiary/aromatic N) is 2. The maximum absolute atomic E-state index is 11.9. The highest BCUT2D eigenvalue weighted by atomic mass is 16.5. The molecular formula is C14H22N4O3. The fraction of sp³-hybridized carbons (Fsp3) is 0.643. The number of hydrogen-bond donors (Lipinski definition) is 2. The second kappa shape index (κ2) is 7.78. The van der Waals surface area contributed by atoms with E-state index >= 15 is 0 Å². The molecule has 1 aromatic rings. The topological polar surface area (TPSA) is 99.2 Å². The molecular weight excluding hydrogens is 272 g/mol. The highest BCUT2D eigenvalue weighted by Gasteiger charge is 2.16. The van der Waals surface area contributed by atoms with Crippen molar-refractivity contribution in [2.24, 2.45) is 5.73 Å². The monoisotopic (exact) mass is 294 g/mol. The van der Waals surface area contributed by atoms with E-state index in [-0.39, 0.29) is 24.1 Å². The Kier molecular flexibility index (Phi) is 5.74. The van der Waals surface area contributed by atoms with Gasteiger partial charge in [0.15, 0.2) is 0 Å². The zero-order valence-corrected chi connectivity index (χ0v) is 12.1. The minimum absolute atomic E-state index is 0.0630. The van der Waals surface area contributed by atoms with E-state index in [1.54, 1.807) is 0 Å². The molecule has 0 aliphatic heterocycles. The largest absolute Gasteiger partial charge is 0.490 e. The highest BCUT2D eigenvalue weighted by Crippen LogP contribution is 2.17. The Balaban J connectivity index is 1.89. The predicted molar refractivity (Wildman–Crippen MR) is 78.1 cm³/mol. The number of nitrogens with one attached hydrogen (secondary N) is 1. The molecule has 0 spiro atoms. The van der Waals surface area contributed by atoms with Crippen LogP contribution in [0.3, 0.4) is 0 Å². The van der Waals surface area contributed by atoms with Gasteiger partial charge in [0, 0.05) is 18.7 Å². The van der Waals surface area contributed by atoms with E-state index < -0.39 is 0 Å². The fourth-order valence-electron chi connectivity index (χ4n) is 2.45. The minimum atomic E-state index is -0.358. The van der Waals surface area contributed by atoms with Gasteiger partial charge < -0.3 is 15.8 Å². The van der Waals surface area contributed by atoms with E-state index in [2.05, 4.69) is 10.4 Å². The third-order valence-electron chi connectivity index (χ3n) is 3.49. The molecule has 0 bridgehead atoms. The number of carbonyl (C=O) groups excluding carboxylic acids is 1. The molecule has 1 amide bonds. The first-order valence-electron chi connectivity index (χ1n) is 7.38. The van der Waals surface area contributed by atoms with Gasteiger partial charge >= 0.3 is 0 Å². The van der Waals surface area contributed by atoms with Gasteiger partial charge in [-0.25, -0.2) is 4.68 Å². The van der Waals surface area contributed by atoms with E-state index in [9.17, 15) is 9.59 Å². The van der Waals surface area contributed by atoms with Crippen molar-refractivity contribution in [2.45, 2.75) is 44.7 Å². The average Bonchev–Trinajstić information content (AvgIpc) is 2.48. The van der Waals surface area contributed by atoms with Crippen LogP contribution in [-0.2, 0) is 11.3 Å². The molecule has 2 rings (SSSR count). The summed E-state index contributed by atoms with van der Waals surface area (Å²) in [6, 6.07) is 1.55. The van der Waals surface area contributed by atoms with Gasteiger partial charge in [-0.2, -0.15) is 5.10 Å². The average molecular weight is 294 g/mol. The van der Waals surface area contributed by atoms with Crippen LogP contribution >= 0.6 is 0 Å². The number of carbonyl (C=O) groups is 1. The van der Waals surface area contributed by atoms with E-state index in [1.165, 1.54) is 18.7 Å². The van der Waals surface area contributed by atoms with Crippen molar-refractivity contribution in [3.8, 4) is 5.75 Å². The molecule has 1 saturated carbocycles. The molecule has 0 aromatic carbocycles. The summed E-state index contributed by atoms with van der Waals surface area (Å²) in [6.07, 6.45) is 6.98. The normalized spacial score (nSPS) is 15.7. The van der Waals surface area contributed by atoms with Gasteiger partial charge in [-0.1, -0.05) is 19.3 Å². The van der Waals surface area contributed by atoms with Crippen molar-refractivity contribution < 1.29 is 9.53 Å². The Bertz CT molecular complexity index is 523. The number of aromatic nitrogens is 2. The summed E-state index contributed by atoms with van der Waals surface area (Å²) < 4.78 is 6.35. The lowest BCUT2D eigenvalue weighted by atomic mass is 9.95. The molecule has 116 valence electrons. The second-order valence-corrected chi connectivity index (χ2v) is 5.23. The van der Waals surface area contributed by atoms with Crippen LogP contribution in [0.25, 0.3) is 0 Å². The van der Waals surface area contributed by atoms with Crippen LogP contribution in [-0.4, -0.2) is 34.9 Å². The maximum Gasteiger partial charge on any atom is 0.270 e. The summed E-state index contributed by atoms with van der Waals surface area (Å²) in [5.74, 6) is 0.196. The third-order valence-corrected chi connectivity index (χ3v) is 3.49. The molecule has 21 heavy (non-hydrogen) atoms.